The first-order valence-corrected chi connectivity index (χ1v) is 6.64. The fourth-order valence-electron chi connectivity index (χ4n) is 2.21. The lowest BCUT2D eigenvalue weighted by Gasteiger charge is -2.38. The van der Waals surface area contributed by atoms with E-state index in [0.29, 0.717) is 18.0 Å². The van der Waals surface area contributed by atoms with Crippen LogP contribution in [0.1, 0.15) is 31.2 Å². The highest BCUT2D eigenvalue weighted by Gasteiger charge is 2.35. The van der Waals surface area contributed by atoms with E-state index < -0.39 is 0 Å². The molecule has 0 saturated heterocycles. The number of nitrogens with zero attached hydrogens (tertiary/aromatic N) is 1. The van der Waals surface area contributed by atoms with Crippen molar-refractivity contribution in [2.24, 2.45) is 5.73 Å². The van der Waals surface area contributed by atoms with E-state index in [-0.39, 0.29) is 11.4 Å². The third-order valence-electron chi connectivity index (χ3n) is 3.64. The van der Waals surface area contributed by atoms with Gasteiger partial charge in [0.25, 0.3) is 0 Å². The number of hydrogen-bond acceptors (Lipinski definition) is 2. The highest BCUT2D eigenvalue weighted by Crippen LogP contribution is 2.32. The number of rotatable bonds is 4. The lowest BCUT2D eigenvalue weighted by molar-refractivity contribution is -0.132. The Bertz CT molecular complexity index is 443. The molecule has 98 valence electrons. The minimum Gasteiger partial charge on any atom is -0.341 e. The summed E-state index contributed by atoms with van der Waals surface area (Å²) in [6.45, 7) is 0.536. The summed E-state index contributed by atoms with van der Waals surface area (Å²) < 4.78 is 0. The third-order valence-corrected chi connectivity index (χ3v) is 4.01. The Labute approximate surface area is 113 Å². The van der Waals surface area contributed by atoms with E-state index >= 15 is 0 Å². The van der Waals surface area contributed by atoms with E-state index in [1.54, 1.807) is 11.9 Å². The molecule has 2 N–H and O–H groups in total. The maximum absolute atomic E-state index is 12.1. The minimum atomic E-state index is -0.258. The standard InChI is InChI=1S/C14H19ClN2O/c1-17(10-11-5-2-3-6-12(11)15)13(18)9-14(16)7-4-8-14/h2-3,5-6H,4,7-10,16H2,1H3. The maximum Gasteiger partial charge on any atom is 0.224 e. The largest absolute Gasteiger partial charge is 0.341 e. The Balaban J connectivity index is 1.93. The molecule has 0 radical (unpaired) electrons. The molecular formula is C14H19ClN2O. The molecule has 1 aromatic rings. The summed E-state index contributed by atoms with van der Waals surface area (Å²) in [4.78, 5) is 13.8. The van der Waals surface area contributed by atoms with Crippen molar-refractivity contribution in [3.8, 4) is 0 Å². The van der Waals surface area contributed by atoms with Crippen molar-refractivity contribution in [1.82, 2.24) is 4.90 Å². The van der Waals surface area contributed by atoms with Gasteiger partial charge in [-0.15, -0.1) is 0 Å². The molecule has 0 heterocycles. The monoisotopic (exact) mass is 266 g/mol. The van der Waals surface area contributed by atoms with Gasteiger partial charge in [-0.25, -0.2) is 0 Å². The fraction of sp³-hybridized carbons (Fsp3) is 0.500. The Morgan fingerprint density at radius 2 is 2.11 bits per heavy atom. The van der Waals surface area contributed by atoms with Gasteiger partial charge in [0.2, 0.25) is 5.91 Å². The number of amides is 1. The molecule has 4 heteroatoms. The molecule has 1 aliphatic rings. The van der Waals surface area contributed by atoms with E-state index in [1.165, 1.54) is 0 Å². The fourth-order valence-corrected chi connectivity index (χ4v) is 2.41. The predicted molar refractivity (Wildman–Crippen MR) is 73.3 cm³/mol. The summed E-state index contributed by atoms with van der Waals surface area (Å²) in [6, 6.07) is 7.59. The van der Waals surface area contributed by atoms with E-state index in [2.05, 4.69) is 0 Å². The van der Waals surface area contributed by atoms with Crippen LogP contribution in [0.3, 0.4) is 0 Å². The number of carbonyl (C=O) groups excluding carboxylic acids is 1. The van der Waals surface area contributed by atoms with E-state index in [1.807, 2.05) is 24.3 Å². The predicted octanol–water partition coefficient (Wildman–Crippen LogP) is 2.57. The molecule has 3 nitrogen and oxygen atoms in total. The third kappa shape index (κ3) is 3.03. The van der Waals surface area contributed by atoms with Crippen molar-refractivity contribution in [3.05, 3.63) is 34.9 Å². The second kappa shape index (κ2) is 5.29. The molecule has 0 spiro atoms. The van der Waals surface area contributed by atoms with E-state index in [0.717, 1.165) is 24.8 Å². The Morgan fingerprint density at radius 3 is 2.67 bits per heavy atom. The number of nitrogens with two attached hydrogens (primary N) is 1. The van der Waals surface area contributed by atoms with Gasteiger partial charge in [-0.05, 0) is 30.9 Å². The normalized spacial score (nSPS) is 17.1. The van der Waals surface area contributed by atoms with Gasteiger partial charge >= 0.3 is 0 Å². The number of hydrogen-bond donors (Lipinski definition) is 1. The first kappa shape index (κ1) is 13.4. The van der Waals surface area contributed by atoms with Crippen LogP contribution >= 0.6 is 11.6 Å². The zero-order chi connectivity index (χ0) is 13.2. The zero-order valence-electron chi connectivity index (χ0n) is 10.7. The first-order valence-electron chi connectivity index (χ1n) is 6.26. The van der Waals surface area contributed by atoms with Crippen LogP contribution in [-0.2, 0) is 11.3 Å². The van der Waals surface area contributed by atoms with Gasteiger partial charge in [0.05, 0.1) is 0 Å². The van der Waals surface area contributed by atoms with Crippen molar-refractivity contribution >= 4 is 17.5 Å². The van der Waals surface area contributed by atoms with Gasteiger partial charge in [-0.3, -0.25) is 4.79 Å². The summed E-state index contributed by atoms with van der Waals surface area (Å²) >= 11 is 6.08. The van der Waals surface area contributed by atoms with Crippen LogP contribution < -0.4 is 5.73 Å². The number of carbonyl (C=O) groups is 1. The van der Waals surface area contributed by atoms with Crippen LogP contribution in [0.15, 0.2) is 24.3 Å². The second-order valence-corrected chi connectivity index (χ2v) is 5.64. The van der Waals surface area contributed by atoms with Crippen molar-refractivity contribution in [1.29, 1.82) is 0 Å². The van der Waals surface area contributed by atoms with Crippen molar-refractivity contribution in [3.63, 3.8) is 0 Å². The van der Waals surface area contributed by atoms with Gasteiger partial charge in [0.1, 0.15) is 0 Å². The molecule has 18 heavy (non-hydrogen) atoms. The summed E-state index contributed by atoms with van der Waals surface area (Å²) in [7, 11) is 1.80. The van der Waals surface area contributed by atoms with Crippen LogP contribution in [0.5, 0.6) is 0 Å². The van der Waals surface area contributed by atoms with Crippen molar-refractivity contribution in [2.75, 3.05) is 7.05 Å². The highest BCUT2D eigenvalue weighted by molar-refractivity contribution is 6.31. The smallest absolute Gasteiger partial charge is 0.224 e. The Hall–Kier alpha value is -1.06. The van der Waals surface area contributed by atoms with Gasteiger partial charge in [-0.1, -0.05) is 29.8 Å². The van der Waals surface area contributed by atoms with Gasteiger partial charge in [0, 0.05) is 30.6 Å². The Kier molecular flexibility index (Phi) is 3.93. The highest BCUT2D eigenvalue weighted by atomic mass is 35.5. The van der Waals surface area contributed by atoms with Crippen LogP contribution in [0.2, 0.25) is 5.02 Å². The molecule has 1 saturated carbocycles. The van der Waals surface area contributed by atoms with Crippen molar-refractivity contribution in [2.45, 2.75) is 37.8 Å². The molecule has 2 rings (SSSR count). The second-order valence-electron chi connectivity index (χ2n) is 5.23. The number of benzene rings is 1. The topological polar surface area (TPSA) is 46.3 Å². The van der Waals surface area contributed by atoms with Gasteiger partial charge in [0.15, 0.2) is 0 Å². The minimum absolute atomic E-state index is 0.0946. The molecule has 1 aromatic carbocycles. The summed E-state index contributed by atoms with van der Waals surface area (Å²) in [6.07, 6.45) is 3.49. The molecule has 0 aromatic heterocycles. The lowest BCUT2D eigenvalue weighted by atomic mass is 9.75. The van der Waals surface area contributed by atoms with E-state index in [9.17, 15) is 4.79 Å². The summed E-state index contributed by atoms with van der Waals surface area (Å²) in [5.41, 5.74) is 6.80. The Morgan fingerprint density at radius 1 is 1.44 bits per heavy atom. The average molecular weight is 267 g/mol. The van der Waals surface area contributed by atoms with Crippen LogP contribution in [0.25, 0.3) is 0 Å². The van der Waals surface area contributed by atoms with Crippen molar-refractivity contribution < 1.29 is 4.79 Å². The first-order chi connectivity index (χ1) is 8.50. The SMILES string of the molecule is CN(Cc1ccccc1Cl)C(=O)CC1(N)CCC1. The molecule has 0 atom stereocenters. The molecule has 1 fully saturated rings. The van der Waals surface area contributed by atoms with Crippen LogP contribution in [0.4, 0.5) is 0 Å². The molecule has 0 aliphatic heterocycles. The summed E-state index contributed by atoms with van der Waals surface area (Å²) in [5.74, 6) is 0.0946. The summed E-state index contributed by atoms with van der Waals surface area (Å²) in [5, 5.41) is 0.697. The maximum atomic E-state index is 12.1. The molecule has 0 bridgehead atoms. The molecule has 0 unspecified atom stereocenters. The molecular weight excluding hydrogens is 248 g/mol. The molecule has 1 aliphatic carbocycles. The van der Waals surface area contributed by atoms with Gasteiger partial charge < -0.3 is 10.6 Å². The van der Waals surface area contributed by atoms with E-state index in [4.69, 9.17) is 17.3 Å². The lowest BCUT2D eigenvalue weighted by Crippen LogP contribution is -2.50. The molecule has 1 amide bonds. The number of halogens is 1. The quantitative estimate of drug-likeness (QED) is 0.910. The average Bonchev–Trinajstić information content (AvgIpc) is 2.30. The van der Waals surface area contributed by atoms with Gasteiger partial charge in [-0.2, -0.15) is 0 Å². The van der Waals surface area contributed by atoms with Crippen LogP contribution in [-0.4, -0.2) is 23.4 Å². The van der Waals surface area contributed by atoms with Crippen LogP contribution in [0, 0.1) is 0 Å². The zero-order valence-corrected chi connectivity index (χ0v) is 11.4.